The summed E-state index contributed by atoms with van der Waals surface area (Å²) >= 11 is 0. The highest BCUT2D eigenvalue weighted by Gasteiger charge is 2.54. The Morgan fingerprint density at radius 2 is 0.247 bits per heavy atom. The highest BCUT2D eigenvalue weighted by Crippen LogP contribution is 2.33. The molecule has 8 rings (SSSR count). The summed E-state index contributed by atoms with van der Waals surface area (Å²) in [6.45, 7) is -5.73. The van der Waals surface area contributed by atoms with Gasteiger partial charge in [0.15, 0.2) is 44.0 Å². The van der Waals surface area contributed by atoms with Gasteiger partial charge in [-0.2, -0.15) is 0 Å². The smallest absolute Gasteiger partial charge is 0.186 e. The van der Waals surface area contributed by atoms with Crippen molar-refractivity contribution in [3.05, 3.63) is 0 Å². The molecule has 0 radical (unpaired) electrons. The molecule has 0 aromatic heterocycles. The van der Waals surface area contributed by atoms with E-state index in [1.54, 1.807) is 0 Å². The zero-order valence-electron chi connectivity index (χ0n) is 40.3. The van der Waals surface area contributed by atoms with Crippen LogP contribution in [0.3, 0.4) is 0 Å². The largest absolute Gasteiger partial charge is 0.387 e. The minimum absolute atomic E-state index is 0.818. The van der Waals surface area contributed by atoms with Crippen LogP contribution in [0.4, 0.5) is 0 Å². The van der Waals surface area contributed by atoms with Crippen LogP contribution in [0.1, 0.15) is 0 Å². The Labute approximate surface area is 434 Å². The van der Waals surface area contributed by atoms with E-state index >= 15 is 0 Å². The van der Waals surface area contributed by atoms with Crippen molar-refractivity contribution in [1.29, 1.82) is 0 Å². The van der Waals surface area contributed by atoms with Crippen LogP contribution in [0.15, 0.2) is 0 Å². The molecule has 448 valence electrons. The Bertz CT molecular complexity index is 1370. The fraction of sp³-hybridized carbons (Fsp3) is 1.00. The summed E-state index contributed by atoms with van der Waals surface area (Å²) in [5, 5.41) is 226. The zero-order valence-corrected chi connectivity index (χ0v) is 40.3. The molecule has 35 nitrogen and oxygen atoms in total. The van der Waals surface area contributed by atoms with Crippen molar-refractivity contribution in [1.82, 2.24) is 0 Å². The average molecular weight is 1130 g/mol. The van der Waals surface area contributed by atoms with Crippen LogP contribution >= 0.6 is 0 Å². The number of aliphatic hydroxyl groups is 21. The van der Waals surface area contributed by atoms with Gasteiger partial charge >= 0.3 is 0 Å². The summed E-state index contributed by atoms with van der Waals surface area (Å²) in [4.78, 5) is 0. The molecule has 8 aliphatic rings. The second-order valence-electron chi connectivity index (χ2n) is 19.9. The Kier molecular flexibility index (Phi) is 20.8. The van der Waals surface area contributed by atoms with Crippen molar-refractivity contribution >= 4 is 0 Å². The van der Waals surface area contributed by atoms with Gasteiger partial charge in [0.25, 0.3) is 0 Å². The van der Waals surface area contributed by atoms with Crippen molar-refractivity contribution in [3.63, 3.8) is 0 Å². The summed E-state index contributed by atoms with van der Waals surface area (Å²) in [6.07, 6.45) is -66.7. The van der Waals surface area contributed by atoms with Crippen molar-refractivity contribution in [2.24, 2.45) is 0 Å². The molecule has 35 atom stereocenters. The third-order valence-electron chi connectivity index (χ3n) is 14.7. The minimum Gasteiger partial charge on any atom is -0.387 e. The van der Waals surface area contributed by atoms with E-state index in [-0.39, 0.29) is 0 Å². The third-order valence-corrected chi connectivity index (χ3v) is 14.7. The molecule has 0 aromatic rings. The quantitative estimate of drug-likeness (QED) is 0.107. The summed E-state index contributed by atoms with van der Waals surface area (Å²) in [7, 11) is 0. The molecule has 8 saturated heterocycles. The fourth-order valence-electron chi connectivity index (χ4n) is 9.67. The monoisotopic (exact) mass is 1130 g/mol. The Balaban J connectivity index is 1.01. The van der Waals surface area contributed by atoms with E-state index in [0.717, 1.165) is 0 Å². The first-order valence-electron chi connectivity index (χ1n) is 24.6. The van der Waals surface area contributed by atoms with E-state index in [1.165, 1.54) is 0 Å². The molecule has 8 heterocycles. The van der Waals surface area contributed by atoms with Crippen LogP contribution in [0.5, 0.6) is 0 Å². The molecule has 77 heavy (non-hydrogen) atoms. The molecule has 14 bridgehead atoms. The lowest BCUT2D eigenvalue weighted by molar-refractivity contribution is -0.352. The number of aliphatic hydroxyl groups excluding tert-OH is 21. The van der Waals surface area contributed by atoms with Crippen LogP contribution in [-0.4, -0.2) is 368 Å². The zero-order chi connectivity index (χ0) is 56.1. The lowest BCUT2D eigenvalue weighted by atomic mass is 9.97. The Morgan fingerprint density at radius 1 is 0.143 bits per heavy atom. The molecule has 35 heteroatoms. The first kappa shape index (κ1) is 61.7. The predicted molar refractivity (Wildman–Crippen MR) is 228 cm³/mol. The van der Waals surface area contributed by atoms with Gasteiger partial charge in [-0.15, -0.1) is 0 Å². The minimum atomic E-state index is -2.04. The van der Waals surface area contributed by atoms with Gasteiger partial charge in [0.05, 0.1) is 46.2 Å². The topological polar surface area (TPSA) is 554 Å². The second-order valence-corrected chi connectivity index (χ2v) is 19.9. The van der Waals surface area contributed by atoms with Crippen LogP contribution in [0.25, 0.3) is 0 Å². The highest BCUT2D eigenvalue weighted by atomic mass is 16.8. The van der Waals surface area contributed by atoms with Gasteiger partial charge in [0.1, 0.15) is 171 Å². The molecule has 0 amide bonds. The Morgan fingerprint density at radius 3 is 0.351 bits per heavy atom. The lowest BCUT2D eigenvalue weighted by Gasteiger charge is -2.45. The molecule has 0 unspecified atom stereocenters. The van der Waals surface area contributed by atoms with Gasteiger partial charge in [-0.1, -0.05) is 0 Å². The van der Waals surface area contributed by atoms with Crippen LogP contribution in [0.2, 0.25) is 0 Å². The number of ether oxygens (including phenoxy) is 14. The van der Waals surface area contributed by atoms with E-state index in [2.05, 4.69) is 0 Å². The molecule has 21 N–H and O–H groups in total. The van der Waals surface area contributed by atoms with Gasteiger partial charge in [0.2, 0.25) is 0 Å². The maximum absolute atomic E-state index is 10.8. The number of rotatable bonds is 0. The molecule has 0 aliphatic carbocycles. The van der Waals surface area contributed by atoms with Crippen molar-refractivity contribution in [3.8, 4) is 0 Å². The van der Waals surface area contributed by atoms with Gasteiger partial charge < -0.3 is 174 Å². The van der Waals surface area contributed by atoms with Crippen LogP contribution < -0.4 is 0 Å². The number of hydrogen-bond donors (Lipinski definition) is 21. The van der Waals surface area contributed by atoms with E-state index < -0.39 is 261 Å². The molecule has 0 spiro atoms. The molecular formula is C42H70O35. The van der Waals surface area contributed by atoms with Crippen LogP contribution in [0, 0.1) is 0 Å². The molecule has 0 saturated carbocycles. The lowest BCUT2D eigenvalue weighted by Crippen LogP contribution is -2.63. The van der Waals surface area contributed by atoms with Crippen molar-refractivity contribution in [2.75, 3.05) is 46.2 Å². The first-order valence-corrected chi connectivity index (χ1v) is 24.6. The predicted octanol–water partition coefficient (Wildman–Crippen LogP) is -15.2. The van der Waals surface area contributed by atoms with Gasteiger partial charge in [-0.25, -0.2) is 0 Å². The SMILES string of the molecule is O[C@@H]1[C@H](O)[C@@H]2OC[C@H]3O[C@H](OC[C@H]4O[C@H](OC[C@H]5O[C@H](OC[C@@H]6O[C@@H](OC[C@@H]7O[C@@H](OC[C@@H]8O[C@@H](OC[C@@H](O2)[C@@H]1O)[C@H](O)[C@@H](O)[C@H]8O)[C@H](O)[C@@H](O)[C@H]7O)[C@H](O)[C@@H](O)[C@H]6O)[C@H](O)[C@H](O)[C@H]5O)[C@H](O)[C@H](O)[C@H]4O)[C@H](O)[C@H](O)[C@H]3O. The highest BCUT2D eigenvalue weighted by molar-refractivity contribution is 4.97. The number of fused-ring (bicyclic) bond motifs is 14. The normalized spacial score (nSPS) is 56.5. The first-order chi connectivity index (χ1) is 36.4. The molecular weight excluding hydrogens is 1060 g/mol. The Hall–Kier alpha value is -1.40. The standard InChI is InChI=1S/C42H70O35/c43-15-8-1-64-36-29(57)23(51)16(44)9(72-36)2-66-38-31(59)25(53)18(46)11(74-38)4-68-40-33(61)27(55)20(48)13(76-40)6-70-42-35(63)28(56)21(49)14(77-42)7-69-41-34(62)26(54)19(47)12(75-41)5-67-39-32(60)24(52)17(45)10(73-39)3-65-37(71-8)30(58)22(15)50/h8-63H,1-7H2/t8-,9-,10-,11-,12+,13+,14+,15+,16+,17+,18+,19+,20+,21+,22-,23-,24-,25+,26+,27+,28+,29-,30-,31+,32-,33-,34-,35-,36+,37+,38-,39+,40-,41-,42-/m1/s1. The van der Waals surface area contributed by atoms with E-state index in [4.69, 9.17) is 66.3 Å². The molecule has 0 aromatic carbocycles. The third kappa shape index (κ3) is 13.0. The maximum Gasteiger partial charge on any atom is 0.186 e. The average Bonchev–Trinajstić information content (AvgIpc) is 3.43. The van der Waals surface area contributed by atoms with Gasteiger partial charge in [0, 0.05) is 0 Å². The summed E-state index contributed by atoms with van der Waals surface area (Å²) in [5.74, 6) is 0. The number of hydrogen-bond acceptors (Lipinski definition) is 35. The van der Waals surface area contributed by atoms with Crippen molar-refractivity contribution < 1.29 is 174 Å². The van der Waals surface area contributed by atoms with Crippen LogP contribution in [-0.2, 0) is 66.3 Å². The molecule has 8 fully saturated rings. The summed E-state index contributed by atoms with van der Waals surface area (Å²) in [5.41, 5.74) is 0. The van der Waals surface area contributed by atoms with E-state index in [1.807, 2.05) is 0 Å². The van der Waals surface area contributed by atoms with E-state index in [9.17, 15) is 107 Å². The second kappa shape index (κ2) is 26.0. The fourth-order valence-corrected chi connectivity index (χ4v) is 9.67. The molecule has 8 aliphatic heterocycles. The van der Waals surface area contributed by atoms with Crippen molar-refractivity contribution in [2.45, 2.75) is 215 Å². The maximum atomic E-state index is 10.8. The summed E-state index contributed by atoms with van der Waals surface area (Å²) in [6, 6.07) is 0. The van der Waals surface area contributed by atoms with E-state index in [0.29, 0.717) is 0 Å². The summed E-state index contributed by atoms with van der Waals surface area (Å²) < 4.78 is 78.4. The van der Waals surface area contributed by atoms with Gasteiger partial charge in [-0.3, -0.25) is 0 Å². The van der Waals surface area contributed by atoms with Gasteiger partial charge in [-0.05, 0) is 0 Å².